The fourth-order valence-corrected chi connectivity index (χ4v) is 4.87. The van der Waals surface area contributed by atoms with Gasteiger partial charge in [-0.15, -0.1) is 0 Å². The van der Waals surface area contributed by atoms with Crippen LogP contribution in [-0.2, 0) is 25.8 Å². The van der Waals surface area contributed by atoms with Crippen molar-refractivity contribution in [1.82, 2.24) is 9.78 Å². The third-order valence-electron chi connectivity index (χ3n) is 5.90. The molecule has 2 aliphatic rings. The topological polar surface area (TPSA) is 90.7 Å². The minimum atomic E-state index is -3.05. The molecule has 4 rings (SSSR count). The monoisotopic (exact) mass is 447 g/mol. The molecule has 1 atom stereocenters. The van der Waals surface area contributed by atoms with Crippen molar-refractivity contribution in [3.8, 4) is 16.9 Å². The van der Waals surface area contributed by atoms with Gasteiger partial charge in [-0.2, -0.15) is 5.10 Å². The lowest BCUT2D eigenvalue weighted by Gasteiger charge is -2.36. The summed E-state index contributed by atoms with van der Waals surface area (Å²) >= 11 is 0. The lowest BCUT2D eigenvalue weighted by Crippen LogP contribution is -2.40. The Morgan fingerprint density at radius 1 is 1.32 bits per heavy atom. The highest BCUT2D eigenvalue weighted by Gasteiger charge is 2.30. The third kappa shape index (κ3) is 4.62. The Hall–Kier alpha value is -2.39. The second-order valence-corrected chi connectivity index (χ2v) is 10.7. The third-order valence-corrected chi connectivity index (χ3v) is 6.93. The SMILES string of the molecule is CC(=O)N1c2ccc(-c3cnn(C4COC4)c3)c(OCCCS(C)(=O)=O)c2CC[C@@H]1C. The summed E-state index contributed by atoms with van der Waals surface area (Å²) in [6, 6.07) is 4.32. The van der Waals surface area contributed by atoms with Gasteiger partial charge in [0.05, 0.1) is 43.5 Å². The lowest BCUT2D eigenvalue weighted by atomic mass is 9.92. The van der Waals surface area contributed by atoms with Crippen LogP contribution in [0, 0.1) is 0 Å². The fourth-order valence-electron chi connectivity index (χ4n) is 4.22. The molecule has 1 aromatic heterocycles. The van der Waals surface area contributed by atoms with E-state index in [1.165, 1.54) is 6.26 Å². The molecule has 1 amide bonds. The summed E-state index contributed by atoms with van der Waals surface area (Å²) < 4.78 is 36.4. The number of hydrogen-bond donors (Lipinski definition) is 0. The zero-order valence-electron chi connectivity index (χ0n) is 18.2. The quantitative estimate of drug-likeness (QED) is 0.606. The van der Waals surface area contributed by atoms with Crippen LogP contribution in [0.15, 0.2) is 24.5 Å². The molecule has 0 spiro atoms. The fraction of sp³-hybridized carbons (Fsp3) is 0.545. The molecule has 0 bridgehead atoms. The van der Waals surface area contributed by atoms with Crippen LogP contribution in [-0.4, -0.2) is 62.0 Å². The molecule has 0 aliphatic carbocycles. The van der Waals surface area contributed by atoms with Crippen LogP contribution in [0.25, 0.3) is 11.1 Å². The van der Waals surface area contributed by atoms with Crippen LogP contribution >= 0.6 is 0 Å². The number of benzene rings is 1. The summed E-state index contributed by atoms with van der Waals surface area (Å²) in [7, 11) is -3.05. The number of nitrogens with zero attached hydrogens (tertiary/aromatic N) is 3. The van der Waals surface area contributed by atoms with E-state index in [9.17, 15) is 13.2 Å². The lowest BCUT2D eigenvalue weighted by molar-refractivity contribution is -0.117. The second kappa shape index (κ2) is 8.63. The van der Waals surface area contributed by atoms with E-state index in [1.54, 1.807) is 6.92 Å². The van der Waals surface area contributed by atoms with E-state index in [0.29, 0.717) is 25.4 Å². The van der Waals surface area contributed by atoms with Crippen molar-refractivity contribution in [1.29, 1.82) is 0 Å². The summed E-state index contributed by atoms with van der Waals surface area (Å²) in [5, 5.41) is 4.49. The van der Waals surface area contributed by atoms with Crippen molar-refractivity contribution in [2.24, 2.45) is 0 Å². The maximum Gasteiger partial charge on any atom is 0.224 e. The molecular formula is C22H29N3O5S. The molecule has 2 aliphatic heterocycles. The molecule has 1 saturated heterocycles. The number of hydrogen-bond acceptors (Lipinski definition) is 6. The van der Waals surface area contributed by atoms with E-state index in [-0.39, 0.29) is 30.4 Å². The van der Waals surface area contributed by atoms with E-state index in [0.717, 1.165) is 35.2 Å². The van der Waals surface area contributed by atoms with Crippen LogP contribution in [0.4, 0.5) is 5.69 Å². The molecule has 9 heteroatoms. The molecule has 1 aromatic carbocycles. The summed E-state index contributed by atoms with van der Waals surface area (Å²) in [5.41, 5.74) is 3.70. The van der Waals surface area contributed by atoms with E-state index in [2.05, 4.69) is 12.0 Å². The molecule has 31 heavy (non-hydrogen) atoms. The molecule has 0 radical (unpaired) electrons. The highest BCUT2D eigenvalue weighted by Crippen LogP contribution is 2.43. The largest absolute Gasteiger partial charge is 0.493 e. The van der Waals surface area contributed by atoms with Crippen molar-refractivity contribution in [3.63, 3.8) is 0 Å². The van der Waals surface area contributed by atoms with Crippen LogP contribution in [0.1, 0.15) is 38.3 Å². The van der Waals surface area contributed by atoms with Gasteiger partial charge in [0.25, 0.3) is 0 Å². The number of carbonyl (C=O) groups is 1. The van der Waals surface area contributed by atoms with Crippen molar-refractivity contribution in [2.45, 2.75) is 45.2 Å². The van der Waals surface area contributed by atoms with Crippen molar-refractivity contribution in [3.05, 3.63) is 30.1 Å². The van der Waals surface area contributed by atoms with Gasteiger partial charge >= 0.3 is 0 Å². The van der Waals surface area contributed by atoms with Crippen LogP contribution in [0.5, 0.6) is 5.75 Å². The Bertz CT molecular complexity index is 1070. The Balaban J connectivity index is 1.70. The van der Waals surface area contributed by atoms with Gasteiger partial charge in [0, 0.05) is 42.1 Å². The number of rotatable bonds is 7. The van der Waals surface area contributed by atoms with Crippen LogP contribution < -0.4 is 9.64 Å². The average molecular weight is 448 g/mol. The second-order valence-electron chi connectivity index (χ2n) is 8.45. The first-order chi connectivity index (χ1) is 14.7. The Morgan fingerprint density at radius 2 is 2.10 bits per heavy atom. The van der Waals surface area contributed by atoms with Gasteiger partial charge in [0.2, 0.25) is 5.91 Å². The molecule has 1 fully saturated rings. The molecule has 0 saturated carbocycles. The standard InChI is InChI=1S/C22H29N3O5S/c1-15-5-6-20-21(25(15)16(2)26)8-7-19(22(20)30-9-4-10-31(3,27)28)17-11-23-24(12-17)18-13-29-14-18/h7-8,11-12,15,18H,4-6,9-10,13-14H2,1-3H3/t15-/m0/s1. The van der Waals surface area contributed by atoms with Crippen molar-refractivity contribution < 1.29 is 22.7 Å². The van der Waals surface area contributed by atoms with Gasteiger partial charge in [-0.3, -0.25) is 9.48 Å². The summed E-state index contributed by atoms with van der Waals surface area (Å²) in [4.78, 5) is 14.1. The zero-order valence-corrected chi connectivity index (χ0v) is 19.0. The number of carbonyl (C=O) groups excluding carboxylic acids is 1. The molecule has 3 heterocycles. The maximum atomic E-state index is 12.3. The molecule has 0 N–H and O–H groups in total. The predicted molar refractivity (Wildman–Crippen MR) is 118 cm³/mol. The maximum absolute atomic E-state index is 12.3. The first-order valence-corrected chi connectivity index (χ1v) is 12.7. The van der Waals surface area contributed by atoms with Crippen LogP contribution in [0.3, 0.4) is 0 Å². The van der Waals surface area contributed by atoms with Crippen molar-refractivity contribution in [2.75, 3.05) is 36.7 Å². The molecular weight excluding hydrogens is 418 g/mol. The van der Waals surface area contributed by atoms with E-state index >= 15 is 0 Å². The Morgan fingerprint density at radius 3 is 2.74 bits per heavy atom. The number of sulfone groups is 1. The molecule has 0 unspecified atom stereocenters. The highest BCUT2D eigenvalue weighted by atomic mass is 32.2. The van der Waals surface area contributed by atoms with Gasteiger partial charge in [-0.1, -0.05) is 0 Å². The molecule has 2 aromatic rings. The van der Waals surface area contributed by atoms with Crippen LogP contribution in [0.2, 0.25) is 0 Å². The Kier molecular flexibility index (Phi) is 6.07. The minimum Gasteiger partial charge on any atom is -0.493 e. The average Bonchev–Trinajstić information content (AvgIpc) is 3.11. The summed E-state index contributed by atoms with van der Waals surface area (Å²) in [6.45, 7) is 5.24. The Labute approximate surface area is 183 Å². The number of anilines is 1. The number of ether oxygens (including phenoxy) is 2. The van der Waals surface area contributed by atoms with Gasteiger partial charge in [-0.05, 0) is 38.3 Å². The van der Waals surface area contributed by atoms with Gasteiger partial charge in [-0.25, -0.2) is 8.42 Å². The van der Waals surface area contributed by atoms with E-state index < -0.39 is 9.84 Å². The molecule has 168 valence electrons. The van der Waals surface area contributed by atoms with Gasteiger partial charge in [0.15, 0.2) is 0 Å². The predicted octanol–water partition coefficient (Wildman–Crippen LogP) is 2.62. The minimum absolute atomic E-state index is 0.00188. The normalized spacial score (nSPS) is 19.1. The summed E-state index contributed by atoms with van der Waals surface area (Å²) in [5.74, 6) is 0.795. The number of amides is 1. The van der Waals surface area contributed by atoms with E-state index in [4.69, 9.17) is 9.47 Å². The smallest absolute Gasteiger partial charge is 0.224 e. The highest BCUT2D eigenvalue weighted by molar-refractivity contribution is 7.90. The van der Waals surface area contributed by atoms with Gasteiger partial charge in [0.1, 0.15) is 15.6 Å². The summed E-state index contributed by atoms with van der Waals surface area (Å²) in [6.07, 6.45) is 7.08. The number of aromatic nitrogens is 2. The first kappa shape index (κ1) is 21.8. The first-order valence-electron chi connectivity index (χ1n) is 10.6. The van der Waals surface area contributed by atoms with Gasteiger partial charge < -0.3 is 14.4 Å². The van der Waals surface area contributed by atoms with E-state index in [1.807, 2.05) is 34.1 Å². The van der Waals surface area contributed by atoms with Crippen molar-refractivity contribution >= 4 is 21.4 Å². The number of fused-ring (bicyclic) bond motifs is 1. The molecule has 8 nitrogen and oxygen atoms in total. The zero-order chi connectivity index (χ0) is 22.2.